The van der Waals surface area contributed by atoms with Crippen molar-refractivity contribution in [2.75, 3.05) is 31.1 Å². The van der Waals surface area contributed by atoms with E-state index in [4.69, 9.17) is 0 Å². The van der Waals surface area contributed by atoms with Crippen LogP contribution in [0.1, 0.15) is 50.5 Å². The van der Waals surface area contributed by atoms with Gasteiger partial charge in [0.05, 0.1) is 0 Å². The summed E-state index contributed by atoms with van der Waals surface area (Å²) in [5.74, 6) is -1.28. The smallest absolute Gasteiger partial charge is 0.211 e. The van der Waals surface area contributed by atoms with Gasteiger partial charge in [-0.1, -0.05) is 13.5 Å². The van der Waals surface area contributed by atoms with Crippen LogP contribution in [0, 0.1) is 17.0 Å². The van der Waals surface area contributed by atoms with E-state index in [1.54, 1.807) is 6.92 Å². The van der Waals surface area contributed by atoms with Crippen LogP contribution in [0.5, 0.6) is 0 Å². The van der Waals surface area contributed by atoms with Gasteiger partial charge in [0, 0.05) is 36.6 Å². The van der Waals surface area contributed by atoms with E-state index in [2.05, 4.69) is 22.1 Å². The van der Waals surface area contributed by atoms with E-state index in [0.717, 1.165) is 39.0 Å². The maximum Gasteiger partial charge on any atom is 0.211 e. The molecule has 148 valence electrons. The maximum absolute atomic E-state index is 14.7. The summed E-state index contributed by atoms with van der Waals surface area (Å²) in [6, 6.07) is 2.94. The molecule has 0 aliphatic carbocycles. The van der Waals surface area contributed by atoms with E-state index in [1.807, 2.05) is 0 Å². The molecule has 2 aliphatic rings. The fraction of sp³-hybridized carbons (Fsp3) is 0.571. The molecule has 2 N–H and O–H groups in total. The molecule has 6 heteroatoms. The highest BCUT2D eigenvalue weighted by molar-refractivity contribution is 5.50. The standard InChI is InChI=1S/C21H29F2N3O/c1-15(3-4-16(2)25-14-27)20-18(22)11-17(12-19(20)23)26-9-6-21(7-10-26)5-8-24-13-21/h11-12,14-15,24H,2-10,13H2,1H3,(H,25,27). The summed E-state index contributed by atoms with van der Waals surface area (Å²) in [5.41, 5.74) is 1.68. The Kier molecular flexibility index (Phi) is 6.15. The Balaban J connectivity index is 1.66. The normalized spacial score (nSPS) is 19.9. The Morgan fingerprint density at radius 1 is 1.33 bits per heavy atom. The lowest BCUT2D eigenvalue weighted by molar-refractivity contribution is -0.109. The summed E-state index contributed by atoms with van der Waals surface area (Å²) in [6.07, 6.45) is 4.90. The van der Waals surface area contributed by atoms with Crippen LogP contribution in [0.4, 0.5) is 14.5 Å². The number of rotatable bonds is 7. The quantitative estimate of drug-likeness (QED) is 0.713. The Hall–Kier alpha value is -1.95. The maximum atomic E-state index is 14.7. The van der Waals surface area contributed by atoms with Gasteiger partial charge >= 0.3 is 0 Å². The lowest BCUT2D eigenvalue weighted by atomic mass is 9.77. The van der Waals surface area contributed by atoms with Gasteiger partial charge < -0.3 is 15.5 Å². The minimum absolute atomic E-state index is 0.117. The van der Waals surface area contributed by atoms with Gasteiger partial charge in [0.2, 0.25) is 6.41 Å². The number of piperidine rings is 1. The highest BCUT2D eigenvalue weighted by Gasteiger charge is 2.37. The van der Waals surface area contributed by atoms with Gasteiger partial charge in [0.1, 0.15) is 11.6 Å². The highest BCUT2D eigenvalue weighted by Crippen LogP contribution is 2.39. The lowest BCUT2D eigenvalue weighted by Gasteiger charge is -2.40. The summed E-state index contributed by atoms with van der Waals surface area (Å²) in [4.78, 5) is 12.5. The van der Waals surface area contributed by atoms with Crippen molar-refractivity contribution in [1.82, 2.24) is 10.6 Å². The van der Waals surface area contributed by atoms with Crippen LogP contribution in [-0.4, -0.2) is 32.6 Å². The Morgan fingerprint density at radius 2 is 2.00 bits per heavy atom. The largest absolute Gasteiger partial charge is 0.371 e. The SMILES string of the molecule is C=C(CCC(C)c1c(F)cc(N2CCC3(CCNC3)CC2)cc1F)NC=O. The highest BCUT2D eigenvalue weighted by atomic mass is 19.1. The second kappa shape index (κ2) is 8.38. The first-order valence-electron chi connectivity index (χ1n) is 9.77. The van der Waals surface area contributed by atoms with Crippen LogP contribution < -0.4 is 15.5 Å². The average Bonchev–Trinajstić information content (AvgIpc) is 3.08. The lowest BCUT2D eigenvalue weighted by Crippen LogP contribution is -2.41. The molecule has 0 bridgehead atoms. The topological polar surface area (TPSA) is 44.4 Å². The molecule has 0 aromatic heterocycles. The first-order valence-corrected chi connectivity index (χ1v) is 9.77. The zero-order valence-corrected chi connectivity index (χ0v) is 16.0. The van der Waals surface area contributed by atoms with Gasteiger partial charge in [-0.3, -0.25) is 4.79 Å². The molecule has 1 unspecified atom stereocenters. The van der Waals surface area contributed by atoms with Gasteiger partial charge in [-0.25, -0.2) is 8.78 Å². The minimum Gasteiger partial charge on any atom is -0.371 e. The first-order chi connectivity index (χ1) is 12.9. The van der Waals surface area contributed by atoms with Gasteiger partial charge in [0.25, 0.3) is 0 Å². The summed E-state index contributed by atoms with van der Waals surface area (Å²) in [6.45, 7) is 9.33. The summed E-state index contributed by atoms with van der Waals surface area (Å²) >= 11 is 0. The molecule has 1 aromatic rings. The van der Waals surface area contributed by atoms with Crippen molar-refractivity contribution in [3.63, 3.8) is 0 Å². The van der Waals surface area contributed by atoms with E-state index >= 15 is 0 Å². The van der Waals surface area contributed by atoms with Gasteiger partial charge in [-0.05, 0) is 62.1 Å². The minimum atomic E-state index is -0.491. The number of nitrogens with one attached hydrogen (secondary N) is 2. The van der Waals surface area contributed by atoms with Crippen molar-refractivity contribution in [3.8, 4) is 0 Å². The van der Waals surface area contributed by atoms with Crippen LogP contribution in [0.2, 0.25) is 0 Å². The molecule has 0 radical (unpaired) electrons. The first kappa shape index (κ1) is 19.8. The van der Waals surface area contributed by atoms with E-state index in [-0.39, 0.29) is 11.5 Å². The molecule has 3 rings (SSSR count). The van der Waals surface area contributed by atoms with E-state index in [0.29, 0.717) is 36.1 Å². The molecule has 4 nitrogen and oxygen atoms in total. The molecule has 2 saturated heterocycles. The van der Waals surface area contributed by atoms with Gasteiger partial charge in [-0.15, -0.1) is 0 Å². The number of amides is 1. The zero-order chi connectivity index (χ0) is 19.4. The summed E-state index contributed by atoms with van der Waals surface area (Å²) < 4.78 is 29.4. The van der Waals surface area contributed by atoms with Crippen LogP contribution in [0.15, 0.2) is 24.4 Å². The Labute approximate surface area is 160 Å². The molecular formula is C21H29F2N3O. The van der Waals surface area contributed by atoms with E-state index < -0.39 is 11.6 Å². The summed E-state index contributed by atoms with van der Waals surface area (Å²) in [5, 5.41) is 5.92. The number of hydrogen-bond acceptors (Lipinski definition) is 3. The third-order valence-electron chi connectivity index (χ3n) is 6.22. The number of hydrogen-bond donors (Lipinski definition) is 2. The van der Waals surface area contributed by atoms with Crippen molar-refractivity contribution in [1.29, 1.82) is 0 Å². The molecule has 1 aromatic carbocycles. The average molecular weight is 377 g/mol. The van der Waals surface area contributed by atoms with Crippen molar-refractivity contribution >= 4 is 12.1 Å². The zero-order valence-electron chi connectivity index (χ0n) is 16.0. The van der Waals surface area contributed by atoms with Crippen LogP contribution in [-0.2, 0) is 4.79 Å². The molecule has 0 saturated carbocycles. The molecule has 2 aliphatic heterocycles. The number of anilines is 1. The van der Waals surface area contributed by atoms with Crippen LogP contribution in [0.3, 0.4) is 0 Å². The molecule has 1 atom stereocenters. The van der Waals surface area contributed by atoms with Crippen molar-refractivity contribution in [3.05, 3.63) is 41.6 Å². The number of halogens is 2. The number of nitrogens with zero attached hydrogens (tertiary/aromatic N) is 1. The third-order valence-corrected chi connectivity index (χ3v) is 6.22. The molecule has 1 spiro atoms. The number of allylic oxidation sites excluding steroid dienone is 1. The monoisotopic (exact) mass is 377 g/mol. The number of carbonyl (C=O) groups excluding carboxylic acids is 1. The molecule has 27 heavy (non-hydrogen) atoms. The van der Waals surface area contributed by atoms with E-state index in [9.17, 15) is 13.6 Å². The third kappa shape index (κ3) is 4.49. The second-order valence-electron chi connectivity index (χ2n) is 8.04. The van der Waals surface area contributed by atoms with Crippen molar-refractivity contribution in [2.45, 2.75) is 44.9 Å². The number of carbonyl (C=O) groups is 1. The molecule has 1 amide bonds. The van der Waals surface area contributed by atoms with E-state index in [1.165, 1.54) is 18.6 Å². The fourth-order valence-electron chi connectivity index (χ4n) is 4.38. The summed E-state index contributed by atoms with van der Waals surface area (Å²) in [7, 11) is 0. The van der Waals surface area contributed by atoms with Gasteiger partial charge in [0.15, 0.2) is 0 Å². The predicted octanol–water partition coefficient (Wildman–Crippen LogP) is 3.69. The molecule has 2 fully saturated rings. The predicted molar refractivity (Wildman–Crippen MR) is 104 cm³/mol. The Morgan fingerprint density at radius 3 is 2.56 bits per heavy atom. The molecular weight excluding hydrogens is 348 g/mol. The molecule has 2 heterocycles. The van der Waals surface area contributed by atoms with Crippen LogP contribution >= 0.6 is 0 Å². The fourth-order valence-corrected chi connectivity index (χ4v) is 4.38. The van der Waals surface area contributed by atoms with Crippen molar-refractivity contribution < 1.29 is 13.6 Å². The Bertz CT molecular complexity index is 668. The van der Waals surface area contributed by atoms with Crippen LogP contribution in [0.25, 0.3) is 0 Å². The van der Waals surface area contributed by atoms with Gasteiger partial charge in [-0.2, -0.15) is 0 Å². The second-order valence-corrected chi connectivity index (χ2v) is 8.04. The number of benzene rings is 1. The van der Waals surface area contributed by atoms with Crippen molar-refractivity contribution in [2.24, 2.45) is 5.41 Å².